The van der Waals surface area contributed by atoms with Gasteiger partial charge in [0.25, 0.3) is 0 Å². The van der Waals surface area contributed by atoms with E-state index < -0.39 is 11.9 Å². The fourth-order valence-corrected chi connectivity index (χ4v) is 2.87. The highest BCUT2D eigenvalue weighted by Crippen LogP contribution is 2.35. The van der Waals surface area contributed by atoms with E-state index in [-0.39, 0.29) is 11.6 Å². The number of nitrogens with zero attached hydrogens (tertiary/aromatic N) is 2. The highest BCUT2D eigenvalue weighted by molar-refractivity contribution is 7.17. The lowest BCUT2D eigenvalue weighted by Crippen LogP contribution is -2.11. The molecule has 0 aliphatic carbocycles. The van der Waals surface area contributed by atoms with E-state index in [4.69, 9.17) is 5.73 Å². The molecule has 3 aromatic rings. The summed E-state index contributed by atoms with van der Waals surface area (Å²) in [6.45, 7) is 0. The minimum Gasteiger partial charge on any atom is -0.368 e. The standard InChI is InChI=1S/C13H8F3N3S/c14-13(15,16)10-6-9(18-12(17)19-10)8-3-1-2-7-4-5-20-11(7)8/h1-6H,(H2,17,18,19). The van der Waals surface area contributed by atoms with Gasteiger partial charge in [-0.2, -0.15) is 13.2 Å². The van der Waals surface area contributed by atoms with Crippen molar-refractivity contribution in [3.05, 3.63) is 41.4 Å². The average Bonchev–Trinajstić information content (AvgIpc) is 2.84. The number of alkyl halides is 3. The summed E-state index contributed by atoms with van der Waals surface area (Å²) in [4.78, 5) is 7.16. The van der Waals surface area contributed by atoms with Crippen molar-refractivity contribution in [2.75, 3.05) is 5.73 Å². The summed E-state index contributed by atoms with van der Waals surface area (Å²) >= 11 is 1.45. The Morgan fingerprint density at radius 1 is 1.10 bits per heavy atom. The van der Waals surface area contributed by atoms with Crippen molar-refractivity contribution in [2.45, 2.75) is 6.18 Å². The van der Waals surface area contributed by atoms with Crippen LogP contribution >= 0.6 is 11.3 Å². The second kappa shape index (κ2) is 4.45. The predicted octanol–water partition coefficient (Wildman–Crippen LogP) is 3.96. The Morgan fingerprint density at radius 3 is 2.65 bits per heavy atom. The third kappa shape index (κ3) is 2.20. The van der Waals surface area contributed by atoms with Crippen LogP contribution in [0.2, 0.25) is 0 Å². The SMILES string of the molecule is Nc1nc(-c2cccc3ccsc23)cc(C(F)(F)F)n1. The summed E-state index contributed by atoms with van der Waals surface area (Å²) in [5.41, 5.74) is 5.16. The Hall–Kier alpha value is -2.15. The van der Waals surface area contributed by atoms with Gasteiger partial charge in [0.05, 0.1) is 5.69 Å². The Bertz CT molecular complexity index is 780. The molecule has 0 fully saturated rings. The first-order valence-electron chi connectivity index (χ1n) is 5.63. The van der Waals surface area contributed by atoms with E-state index in [2.05, 4.69) is 9.97 Å². The van der Waals surface area contributed by atoms with Crippen LogP contribution in [-0.4, -0.2) is 9.97 Å². The quantitative estimate of drug-likeness (QED) is 0.739. The third-order valence-corrected chi connectivity index (χ3v) is 3.75. The number of nitrogen functional groups attached to an aromatic ring is 1. The lowest BCUT2D eigenvalue weighted by atomic mass is 10.1. The van der Waals surface area contributed by atoms with Gasteiger partial charge in [-0.3, -0.25) is 0 Å². The molecule has 3 nitrogen and oxygen atoms in total. The van der Waals surface area contributed by atoms with Crippen LogP contribution in [0, 0.1) is 0 Å². The molecule has 0 bridgehead atoms. The van der Waals surface area contributed by atoms with Crippen LogP contribution in [-0.2, 0) is 6.18 Å². The molecular formula is C13H8F3N3S. The molecule has 2 heterocycles. The van der Waals surface area contributed by atoms with Gasteiger partial charge in [0.15, 0.2) is 5.69 Å². The van der Waals surface area contributed by atoms with E-state index in [0.717, 1.165) is 16.2 Å². The second-order valence-electron chi connectivity index (χ2n) is 4.14. The zero-order valence-corrected chi connectivity index (χ0v) is 10.8. The highest BCUT2D eigenvalue weighted by atomic mass is 32.1. The van der Waals surface area contributed by atoms with Gasteiger partial charge in [0.1, 0.15) is 0 Å². The first kappa shape index (κ1) is 12.9. The molecular weight excluding hydrogens is 287 g/mol. The van der Waals surface area contributed by atoms with Crippen LogP contribution < -0.4 is 5.73 Å². The summed E-state index contributed by atoms with van der Waals surface area (Å²) in [6, 6.07) is 8.21. The van der Waals surface area contributed by atoms with Crippen molar-refractivity contribution in [1.29, 1.82) is 0 Å². The number of rotatable bonds is 1. The Kier molecular flexibility index (Phi) is 2.86. The van der Waals surface area contributed by atoms with Gasteiger partial charge >= 0.3 is 6.18 Å². The van der Waals surface area contributed by atoms with Crippen molar-refractivity contribution in [3.8, 4) is 11.3 Å². The Balaban J connectivity index is 2.24. The molecule has 0 atom stereocenters. The smallest absolute Gasteiger partial charge is 0.368 e. The maximum Gasteiger partial charge on any atom is 0.433 e. The van der Waals surface area contributed by atoms with Crippen LogP contribution in [0.1, 0.15) is 5.69 Å². The van der Waals surface area contributed by atoms with E-state index >= 15 is 0 Å². The first-order chi connectivity index (χ1) is 9.45. The molecule has 3 rings (SSSR count). The van der Waals surface area contributed by atoms with Crippen molar-refractivity contribution in [3.63, 3.8) is 0 Å². The van der Waals surface area contributed by atoms with Crippen LogP contribution in [0.15, 0.2) is 35.7 Å². The summed E-state index contributed by atoms with van der Waals surface area (Å²) in [6.07, 6.45) is -4.55. The van der Waals surface area contributed by atoms with E-state index in [1.807, 2.05) is 17.5 Å². The zero-order chi connectivity index (χ0) is 14.3. The summed E-state index contributed by atoms with van der Waals surface area (Å²) in [7, 11) is 0. The average molecular weight is 295 g/mol. The number of nitrogens with two attached hydrogens (primary N) is 1. The van der Waals surface area contributed by atoms with Crippen molar-refractivity contribution >= 4 is 27.4 Å². The number of hydrogen-bond donors (Lipinski definition) is 1. The second-order valence-corrected chi connectivity index (χ2v) is 5.06. The van der Waals surface area contributed by atoms with Gasteiger partial charge in [-0.15, -0.1) is 11.3 Å². The Morgan fingerprint density at radius 2 is 1.90 bits per heavy atom. The minimum atomic E-state index is -4.55. The normalized spacial score (nSPS) is 11.9. The highest BCUT2D eigenvalue weighted by Gasteiger charge is 2.33. The molecule has 2 aromatic heterocycles. The summed E-state index contributed by atoms with van der Waals surface area (Å²) in [5, 5.41) is 2.84. The number of thiophene rings is 1. The van der Waals surface area contributed by atoms with Gasteiger partial charge in [-0.1, -0.05) is 18.2 Å². The lowest BCUT2D eigenvalue weighted by molar-refractivity contribution is -0.141. The molecule has 102 valence electrons. The first-order valence-corrected chi connectivity index (χ1v) is 6.51. The monoisotopic (exact) mass is 295 g/mol. The van der Waals surface area contributed by atoms with E-state index in [1.165, 1.54) is 11.3 Å². The molecule has 7 heteroatoms. The number of benzene rings is 1. The molecule has 0 unspecified atom stereocenters. The summed E-state index contributed by atoms with van der Waals surface area (Å²) < 4.78 is 39.2. The van der Waals surface area contributed by atoms with Gasteiger partial charge in [0, 0.05) is 10.3 Å². The molecule has 0 aliphatic rings. The lowest BCUT2D eigenvalue weighted by Gasteiger charge is -2.09. The van der Waals surface area contributed by atoms with Crippen LogP contribution in [0.4, 0.5) is 19.1 Å². The molecule has 2 N–H and O–H groups in total. The molecule has 1 aromatic carbocycles. The van der Waals surface area contributed by atoms with Crippen LogP contribution in [0.5, 0.6) is 0 Å². The van der Waals surface area contributed by atoms with Gasteiger partial charge in [-0.05, 0) is 22.9 Å². The molecule has 0 saturated heterocycles. The largest absolute Gasteiger partial charge is 0.433 e. The maximum atomic E-state index is 12.8. The van der Waals surface area contributed by atoms with E-state index in [9.17, 15) is 13.2 Å². The van der Waals surface area contributed by atoms with Gasteiger partial charge in [-0.25, -0.2) is 9.97 Å². The number of anilines is 1. The molecule has 0 saturated carbocycles. The fourth-order valence-electron chi connectivity index (χ4n) is 1.94. The Labute approximate surface area is 115 Å². The van der Waals surface area contributed by atoms with Crippen molar-refractivity contribution < 1.29 is 13.2 Å². The molecule has 0 amide bonds. The van der Waals surface area contributed by atoms with E-state index in [1.54, 1.807) is 12.1 Å². The van der Waals surface area contributed by atoms with Crippen molar-refractivity contribution in [2.24, 2.45) is 0 Å². The predicted molar refractivity (Wildman–Crippen MR) is 72.3 cm³/mol. The molecule has 0 radical (unpaired) electrons. The number of halogens is 3. The number of aromatic nitrogens is 2. The zero-order valence-electron chi connectivity index (χ0n) is 9.98. The van der Waals surface area contributed by atoms with Crippen LogP contribution in [0.25, 0.3) is 21.3 Å². The minimum absolute atomic E-state index is 0.179. The van der Waals surface area contributed by atoms with Crippen LogP contribution in [0.3, 0.4) is 0 Å². The molecule has 0 aliphatic heterocycles. The molecule has 20 heavy (non-hydrogen) atoms. The van der Waals surface area contributed by atoms with Crippen molar-refractivity contribution in [1.82, 2.24) is 9.97 Å². The molecule has 0 spiro atoms. The maximum absolute atomic E-state index is 12.8. The third-order valence-electron chi connectivity index (χ3n) is 2.79. The van der Waals surface area contributed by atoms with Gasteiger partial charge < -0.3 is 5.73 Å². The summed E-state index contributed by atoms with van der Waals surface area (Å²) in [5.74, 6) is -0.386. The topological polar surface area (TPSA) is 51.8 Å². The van der Waals surface area contributed by atoms with E-state index in [0.29, 0.717) is 5.56 Å². The van der Waals surface area contributed by atoms with Gasteiger partial charge in [0.2, 0.25) is 5.95 Å². The fraction of sp³-hybridized carbons (Fsp3) is 0.0769. The number of hydrogen-bond acceptors (Lipinski definition) is 4. The number of fused-ring (bicyclic) bond motifs is 1.